The number of hydrogen-bond donors (Lipinski definition) is 1. The predicted molar refractivity (Wildman–Crippen MR) is 99.5 cm³/mol. The van der Waals surface area contributed by atoms with E-state index in [2.05, 4.69) is 5.10 Å². The van der Waals surface area contributed by atoms with Gasteiger partial charge in [0.25, 0.3) is 0 Å². The maximum Gasteiger partial charge on any atom is 0.498 e. The van der Waals surface area contributed by atoms with Crippen molar-refractivity contribution >= 4 is 12.6 Å². The minimum Gasteiger partial charge on any atom is -0.399 e. The monoisotopic (exact) mass is 369 g/mol. The van der Waals surface area contributed by atoms with Gasteiger partial charge in [-0.15, -0.1) is 0 Å². The largest absolute Gasteiger partial charge is 0.498 e. The molecule has 26 heavy (non-hydrogen) atoms. The van der Waals surface area contributed by atoms with Gasteiger partial charge in [-0.2, -0.15) is 5.10 Å². The topological polar surface area (TPSA) is 90.0 Å². The van der Waals surface area contributed by atoms with Crippen LogP contribution in [0.4, 0.5) is 0 Å². The number of nitrogens with zero attached hydrogens (tertiary/aromatic N) is 2. The van der Waals surface area contributed by atoms with E-state index in [1.54, 1.807) is 6.20 Å². The van der Waals surface area contributed by atoms with Crippen molar-refractivity contribution in [2.45, 2.75) is 45.4 Å². The van der Waals surface area contributed by atoms with Crippen LogP contribution in [0.5, 0.6) is 0 Å². The summed E-state index contributed by atoms with van der Waals surface area (Å²) in [6.07, 6.45) is 3.73. The van der Waals surface area contributed by atoms with E-state index in [1.807, 2.05) is 38.6 Å². The summed E-state index contributed by atoms with van der Waals surface area (Å²) in [5.41, 5.74) is 5.55. The fourth-order valence-electron chi connectivity index (χ4n) is 2.39. The number of nitrogens with two attached hydrogens (primary N) is 1. The molecular weight excluding hydrogens is 337 g/mol. The molecule has 0 bridgehead atoms. The molecule has 0 aromatic carbocycles. The molecule has 1 aromatic rings. The summed E-state index contributed by atoms with van der Waals surface area (Å²) in [7, 11) is -0.385. The molecule has 2 N–H and O–H groups in total. The summed E-state index contributed by atoms with van der Waals surface area (Å²) >= 11 is 0. The molecule has 0 aliphatic carbocycles. The van der Waals surface area contributed by atoms with Crippen molar-refractivity contribution in [1.29, 1.82) is 0 Å². The summed E-state index contributed by atoms with van der Waals surface area (Å²) < 4.78 is 30.1. The first-order valence-corrected chi connectivity index (χ1v) is 9.17. The third-order valence-corrected chi connectivity index (χ3v) is 4.65. The van der Waals surface area contributed by atoms with Crippen LogP contribution in [-0.2, 0) is 30.1 Å². The molecular formula is C17H32BN3O5. The van der Waals surface area contributed by atoms with Crippen LogP contribution in [0.3, 0.4) is 0 Å². The first-order chi connectivity index (χ1) is 12.4. The van der Waals surface area contributed by atoms with Crippen molar-refractivity contribution < 1.29 is 23.5 Å². The first kappa shape index (κ1) is 21.3. The van der Waals surface area contributed by atoms with E-state index in [0.717, 1.165) is 5.46 Å². The Morgan fingerprint density at radius 2 is 1.50 bits per heavy atom. The number of hydrogen-bond acceptors (Lipinski definition) is 7. The van der Waals surface area contributed by atoms with Crippen LogP contribution in [0.2, 0.25) is 0 Å². The zero-order valence-corrected chi connectivity index (χ0v) is 16.4. The Labute approximate surface area is 156 Å². The van der Waals surface area contributed by atoms with E-state index in [4.69, 9.17) is 29.3 Å². The lowest BCUT2D eigenvalue weighted by Crippen LogP contribution is -2.41. The first-order valence-electron chi connectivity index (χ1n) is 9.17. The van der Waals surface area contributed by atoms with E-state index < -0.39 is 0 Å². The molecule has 9 heteroatoms. The fourth-order valence-corrected chi connectivity index (χ4v) is 2.39. The second kappa shape index (κ2) is 9.82. The zero-order chi connectivity index (χ0) is 19.0. The summed E-state index contributed by atoms with van der Waals surface area (Å²) in [5.74, 6) is 0. The standard InChI is InChI=1S/C17H32BN3O5/c1-16(2)17(3,4)26-18(25-16)15-13-20-21(14-15)6-8-23-10-12-24-11-9-22-7-5-19/h13-14H,5-12,19H2,1-4H3. The van der Waals surface area contributed by atoms with Gasteiger partial charge in [0.05, 0.1) is 57.4 Å². The highest BCUT2D eigenvalue weighted by molar-refractivity contribution is 6.61. The molecule has 0 amide bonds. The predicted octanol–water partition coefficient (Wildman–Crippen LogP) is 0.191. The molecule has 0 saturated carbocycles. The zero-order valence-electron chi connectivity index (χ0n) is 16.4. The lowest BCUT2D eigenvalue weighted by molar-refractivity contribution is 0.00578. The molecule has 0 spiro atoms. The second-order valence-corrected chi connectivity index (χ2v) is 7.25. The highest BCUT2D eigenvalue weighted by Gasteiger charge is 2.52. The van der Waals surface area contributed by atoms with Crippen LogP contribution in [-0.4, -0.2) is 74.3 Å². The van der Waals surface area contributed by atoms with E-state index in [-0.39, 0.29) is 18.3 Å². The molecule has 1 aliphatic rings. The third kappa shape index (κ3) is 6.04. The van der Waals surface area contributed by atoms with Gasteiger partial charge < -0.3 is 29.3 Å². The highest BCUT2D eigenvalue weighted by Crippen LogP contribution is 2.36. The summed E-state index contributed by atoms with van der Waals surface area (Å²) in [6.45, 7) is 12.7. The molecule has 0 atom stereocenters. The normalized spacial score (nSPS) is 18.6. The smallest absolute Gasteiger partial charge is 0.399 e. The Bertz CT molecular complexity index is 522. The van der Waals surface area contributed by atoms with Gasteiger partial charge >= 0.3 is 7.12 Å². The average molecular weight is 369 g/mol. The van der Waals surface area contributed by atoms with Crippen LogP contribution in [0.1, 0.15) is 27.7 Å². The third-order valence-electron chi connectivity index (χ3n) is 4.65. The van der Waals surface area contributed by atoms with Gasteiger partial charge in [0.15, 0.2) is 0 Å². The van der Waals surface area contributed by atoms with Crippen molar-refractivity contribution in [3.8, 4) is 0 Å². The Morgan fingerprint density at radius 3 is 2.08 bits per heavy atom. The molecule has 0 radical (unpaired) electrons. The van der Waals surface area contributed by atoms with Crippen LogP contribution >= 0.6 is 0 Å². The van der Waals surface area contributed by atoms with Gasteiger partial charge in [0.2, 0.25) is 0 Å². The molecule has 0 unspecified atom stereocenters. The lowest BCUT2D eigenvalue weighted by Gasteiger charge is -2.32. The Morgan fingerprint density at radius 1 is 0.962 bits per heavy atom. The van der Waals surface area contributed by atoms with Crippen LogP contribution in [0, 0.1) is 0 Å². The van der Waals surface area contributed by atoms with Crippen molar-refractivity contribution in [2.24, 2.45) is 5.73 Å². The van der Waals surface area contributed by atoms with Crippen LogP contribution in [0.25, 0.3) is 0 Å². The molecule has 2 heterocycles. The van der Waals surface area contributed by atoms with E-state index in [0.29, 0.717) is 52.7 Å². The Hall–Kier alpha value is -0.965. The average Bonchev–Trinajstić information content (AvgIpc) is 3.12. The molecule has 1 fully saturated rings. The second-order valence-electron chi connectivity index (χ2n) is 7.25. The lowest BCUT2D eigenvalue weighted by atomic mass is 9.82. The summed E-state index contributed by atoms with van der Waals surface area (Å²) in [4.78, 5) is 0. The van der Waals surface area contributed by atoms with Gasteiger partial charge in [-0.3, -0.25) is 4.68 Å². The highest BCUT2D eigenvalue weighted by atomic mass is 16.7. The maximum absolute atomic E-state index is 6.03. The van der Waals surface area contributed by atoms with Crippen molar-refractivity contribution in [3.05, 3.63) is 12.4 Å². The quantitative estimate of drug-likeness (QED) is 0.416. The maximum atomic E-state index is 6.03. The minimum absolute atomic E-state index is 0.349. The fraction of sp³-hybridized carbons (Fsp3) is 0.824. The van der Waals surface area contributed by atoms with Crippen molar-refractivity contribution in [1.82, 2.24) is 9.78 Å². The van der Waals surface area contributed by atoms with Gasteiger partial charge in [0, 0.05) is 24.4 Å². The molecule has 8 nitrogen and oxygen atoms in total. The van der Waals surface area contributed by atoms with Crippen molar-refractivity contribution in [2.75, 3.05) is 46.2 Å². The van der Waals surface area contributed by atoms with E-state index in [9.17, 15) is 0 Å². The molecule has 2 rings (SSSR count). The van der Waals surface area contributed by atoms with E-state index >= 15 is 0 Å². The summed E-state index contributed by atoms with van der Waals surface area (Å²) in [5, 5.41) is 4.35. The minimum atomic E-state index is -0.385. The molecule has 1 aromatic heterocycles. The van der Waals surface area contributed by atoms with Gasteiger partial charge in [-0.25, -0.2) is 0 Å². The Balaban J connectivity index is 1.60. The number of ether oxygens (including phenoxy) is 3. The number of aromatic nitrogens is 2. The van der Waals surface area contributed by atoms with Gasteiger partial charge in [0.1, 0.15) is 0 Å². The van der Waals surface area contributed by atoms with Crippen LogP contribution in [0.15, 0.2) is 12.4 Å². The molecule has 1 saturated heterocycles. The van der Waals surface area contributed by atoms with Crippen molar-refractivity contribution in [3.63, 3.8) is 0 Å². The van der Waals surface area contributed by atoms with Gasteiger partial charge in [-0.05, 0) is 27.7 Å². The number of rotatable bonds is 12. The summed E-state index contributed by atoms with van der Waals surface area (Å²) in [6, 6.07) is 0. The van der Waals surface area contributed by atoms with E-state index in [1.165, 1.54) is 0 Å². The molecule has 1 aliphatic heterocycles. The molecule has 148 valence electrons. The Kier molecular flexibility index (Phi) is 8.06. The SMILES string of the molecule is CC1(C)OB(c2cnn(CCOCCOCCOCCN)c2)OC1(C)C. The van der Waals surface area contributed by atoms with Crippen LogP contribution < -0.4 is 11.2 Å². The van der Waals surface area contributed by atoms with Gasteiger partial charge in [-0.1, -0.05) is 0 Å².